The second-order valence-corrected chi connectivity index (χ2v) is 8.56. The van der Waals surface area contributed by atoms with Crippen LogP contribution in [0, 0.1) is 6.92 Å². The molecule has 0 spiro atoms. The lowest BCUT2D eigenvalue weighted by atomic mass is 10.2. The van der Waals surface area contributed by atoms with Crippen LogP contribution in [0.15, 0.2) is 53.4 Å². The van der Waals surface area contributed by atoms with Crippen LogP contribution in [0.1, 0.15) is 29.8 Å². The summed E-state index contributed by atoms with van der Waals surface area (Å²) in [5.74, 6) is 0.483. The SMILES string of the molecule is Cc1cccc(OCCNC(=O)c2ccc(S(=O)(=O)N(C)C(C)C)cc2)c1. The minimum atomic E-state index is -3.55. The monoisotopic (exact) mass is 390 g/mol. The van der Waals surface area contributed by atoms with Crippen molar-refractivity contribution in [2.24, 2.45) is 0 Å². The van der Waals surface area contributed by atoms with Crippen LogP contribution in [0.2, 0.25) is 0 Å². The number of rotatable bonds is 8. The summed E-state index contributed by atoms with van der Waals surface area (Å²) in [5.41, 5.74) is 1.51. The van der Waals surface area contributed by atoms with Crippen LogP contribution in [0.3, 0.4) is 0 Å². The number of amides is 1. The predicted molar refractivity (Wildman–Crippen MR) is 106 cm³/mol. The van der Waals surface area contributed by atoms with E-state index in [-0.39, 0.29) is 16.8 Å². The van der Waals surface area contributed by atoms with E-state index in [2.05, 4.69) is 5.32 Å². The molecule has 0 aliphatic carbocycles. The number of hydrogen-bond donors (Lipinski definition) is 1. The normalized spacial score (nSPS) is 11.6. The molecule has 1 N–H and O–H groups in total. The summed E-state index contributed by atoms with van der Waals surface area (Å²) in [6.45, 7) is 6.29. The van der Waals surface area contributed by atoms with Crippen molar-refractivity contribution >= 4 is 15.9 Å². The molecule has 0 radical (unpaired) electrons. The second kappa shape index (κ2) is 9.01. The fourth-order valence-corrected chi connectivity index (χ4v) is 3.73. The molecule has 0 atom stereocenters. The van der Waals surface area contributed by atoms with Crippen LogP contribution in [0.25, 0.3) is 0 Å². The first kappa shape index (κ1) is 20.9. The van der Waals surface area contributed by atoms with Crippen LogP contribution >= 0.6 is 0 Å². The van der Waals surface area contributed by atoms with E-state index in [1.165, 1.54) is 35.6 Å². The van der Waals surface area contributed by atoms with Gasteiger partial charge in [0.25, 0.3) is 5.91 Å². The molecule has 0 aliphatic rings. The van der Waals surface area contributed by atoms with Crippen molar-refractivity contribution in [1.82, 2.24) is 9.62 Å². The van der Waals surface area contributed by atoms with Crippen molar-refractivity contribution in [2.45, 2.75) is 31.7 Å². The second-order valence-electron chi connectivity index (χ2n) is 6.56. The first-order chi connectivity index (χ1) is 12.7. The van der Waals surface area contributed by atoms with Gasteiger partial charge in [-0.15, -0.1) is 0 Å². The number of benzene rings is 2. The van der Waals surface area contributed by atoms with Gasteiger partial charge in [0.05, 0.1) is 11.4 Å². The number of hydrogen-bond acceptors (Lipinski definition) is 4. The highest BCUT2D eigenvalue weighted by Gasteiger charge is 2.23. The van der Waals surface area contributed by atoms with Crippen LogP contribution in [0.5, 0.6) is 5.75 Å². The number of carbonyl (C=O) groups is 1. The van der Waals surface area contributed by atoms with Crippen LogP contribution in [-0.2, 0) is 10.0 Å². The summed E-state index contributed by atoms with van der Waals surface area (Å²) >= 11 is 0. The first-order valence-corrected chi connectivity index (χ1v) is 10.2. The molecule has 6 nitrogen and oxygen atoms in total. The van der Waals surface area contributed by atoms with E-state index in [9.17, 15) is 13.2 Å². The quantitative estimate of drug-likeness (QED) is 0.703. The molecule has 2 rings (SSSR count). The Hall–Kier alpha value is -2.38. The van der Waals surface area contributed by atoms with E-state index in [1.807, 2.05) is 31.2 Å². The number of nitrogens with zero attached hydrogens (tertiary/aromatic N) is 1. The molecule has 27 heavy (non-hydrogen) atoms. The Bertz CT molecular complexity index is 877. The maximum Gasteiger partial charge on any atom is 0.251 e. The van der Waals surface area contributed by atoms with Crippen molar-refractivity contribution in [3.05, 3.63) is 59.7 Å². The highest BCUT2D eigenvalue weighted by atomic mass is 32.2. The van der Waals surface area contributed by atoms with E-state index in [1.54, 1.807) is 13.8 Å². The lowest BCUT2D eigenvalue weighted by Crippen LogP contribution is -2.33. The summed E-state index contributed by atoms with van der Waals surface area (Å²) in [6, 6.07) is 13.5. The largest absolute Gasteiger partial charge is 0.492 e. The molecule has 146 valence electrons. The average molecular weight is 391 g/mol. The van der Waals surface area contributed by atoms with Gasteiger partial charge >= 0.3 is 0 Å². The zero-order chi connectivity index (χ0) is 20.0. The summed E-state index contributed by atoms with van der Waals surface area (Å²) < 4.78 is 31.7. The van der Waals surface area contributed by atoms with E-state index < -0.39 is 10.0 Å². The molecule has 0 heterocycles. The number of ether oxygens (including phenoxy) is 1. The van der Waals surface area contributed by atoms with Crippen molar-refractivity contribution < 1.29 is 17.9 Å². The van der Waals surface area contributed by atoms with E-state index in [0.717, 1.165) is 11.3 Å². The Morgan fingerprint density at radius 2 is 1.81 bits per heavy atom. The number of sulfonamides is 1. The lowest BCUT2D eigenvalue weighted by molar-refractivity contribution is 0.0947. The van der Waals surface area contributed by atoms with Crippen LogP contribution in [-0.4, -0.2) is 44.9 Å². The third kappa shape index (κ3) is 5.55. The fraction of sp³-hybridized carbons (Fsp3) is 0.350. The van der Waals surface area contributed by atoms with Crippen molar-refractivity contribution in [3.63, 3.8) is 0 Å². The van der Waals surface area contributed by atoms with Crippen LogP contribution in [0.4, 0.5) is 0 Å². The molecule has 0 saturated heterocycles. The van der Waals surface area contributed by atoms with Gasteiger partial charge in [-0.2, -0.15) is 4.31 Å². The topological polar surface area (TPSA) is 75.7 Å². The third-order valence-electron chi connectivity index (χ3n) is 4.17. The number of carbonyl (C=O) groups excluding carboxylic acids is 1. The molecule has 0 bridgehead atoms. The Morgan fingerprint density at radius 1 is 1.15 bits per heavy atom. The van der Waals surface area contributed by atoms with Gasteiger partial charge < -0.3 is 10.1 Å². The van der Waals surface area contributed by atoms with Crippen LogP contribution < -0.4 is 10.1 Å². The van der Waals surface area contributed by atoms with Gasteiger partial charge in [-0.1, -0.05) is 12.1 Å². The first-order valence-electron chi connectivity index (χ1n) is 8.77. The predicted octanol–water partition coefficient (Wildman–Crippen LogP) is 2.83. The Kier molecular flexibility index (Phi) is 6.98. The Morgan fingerprint density at radius 3 is 2.41 bits per heavy atom. The van der Waals surface area contributed by atoms with Gasteiger partial charge in [0.15, 0.2) is 0 Å². The standard InChI is InChI=1S/C20H26N2O4S/c1-15(2)22(4)27(24,25)19-10-8-17(9-11-19)20(23)21-12-13-26-18-7-5-6-16(3)14-18/h5-11,14-15H,12-13H2,1-4H3,(H,21,23). The Labute approximate surface area is 161 Å². The number of aryl methyl sites for hydroxylation is 1. The molecule has 0 aliphatic heterocycles. The fourth-order valence-electron chi connectivity index (χ4n) is 2.36. The maximum absolute atomic E-state index is 12.4. The van der Waals surface area contributed by atoms with Crippen molar-refractivity contribution in [1.29, 1.82) is 0 Å². The van der Waals surface area contributed by atoms with Gasteiger partial charge in [-0.05, 0) is 62.7 Å². The lowest BCUT2D eigenvalue weighted by Gasteiger charge is -2.21. The number of nitrogens with one attached hydrogen (secondary N) is 1. The van der Waals surface area contributed by atoms with Crippen molar-refractivity contribution in [3.8, 4) is 5.75 Å². The molecule has 7 heteroatoms. The van der Waals surface area contributed by atoms with Gasteiger partial charge in [0, 0.05) is 18.7 Å². The average Bonchev–Trinajstić information content (AvgIpc) is 2.64. The van der Waals surface area contributed by atoms with Gasteiger partial charge in [0.1, 0.15) is 12.4 Å². The van der Waals surface area contributed by atoms with Gasteiger partial charge in [-0.3, -0.25) is 4.79 Å². The van der Waals surface area contributed by atoms with E-state index >= 15 is 0 Å². The minimum absolute atomic E-state index is 0.147. The van der Waals surface area contributed by atoms with Gasteiger partial charge in [0.2, 0.25) is 10.0 Å². The highest BCUT2D eigenvalue weighted by Crippen LogP contribution is 2.17. The van der Waals surface area contributed by atoms with E-state index in [0.29, 0.717) is 18.7 Å². The third-order valence-corrected chi connectivity index (χ3v) is 6.21. The molecule has 0 aromatic heterocycles. The molecule has 0 saturated carbocycles. The van der Waals surface area contributed by atoms with Crippen molar-refractivity contribution in [2.75, 3.05) is 20.2 Å². The summed E-state index contributed by atoms with van der Waals surface area (Å²) in [5, 5.41) is 2.76. The van der Waals surface area contributed by atoms with Gasteiger partial charge in [-0.25, -0.2) is 8.42 Å². The maximum atomic E-state index is 12.4. The Balaban J connectivity index is 1.90. The molecule has 2 aromatic carbocycles. The molecule has 2 aromatic rings. The zero-order valence-corrected chi connectivity index (χ0v) is 16.9. The summed E-state index contributed by atoms with van der Waals surface area (Å²) in [6.07, 6.45) is 0. The van der Waals surface area contributed by atoms with E-state index in [4.69, 9.17) is 4.74 Å². The molecular formula is C20H26N2O4S. The molecule has 0 fully saturated rings. The molecule has 0 unspecified atom stereocenters. The summed E-state index contributed by atoms with van der Waals surface area (Å²) in [7, 11) is -2.02. The molecule has 1 amide bonds. The minimum Gasteiger partial charge on any atom is -0.492 e. The zero-order valence-electron chi connectivity index (χ0n) is 16.1. The smallest absolute Gasteiger partial charge is 0.251 e. The highest BCUT2D eigenvalue weighted by molar-refractivity contribution is 7.89. The molecular weight excluding hydrogens is 364 g/mol. The summed E-state index contributed by atoms with van der Waals surface area (Å²) in [4.78, 5) is 12.4.